The van der Waals surface area contributed by atoms with Gasteiger partial charge in [0.15, 0.2) is 6.61 Å². The molecule has 0 aromatic heterocycles. The summed E-state index contributed by atoms with van der Waals surface area (Å²) in [7, 11) is 0. The van der Waals surface area contributed by atoms with Gasteiger partial charge in [-0.2, -0.15) is 0 Å². The van der Waals surface area contributed by atoms with E-state index in [-0.39, 0.29) is 25.1 Å². The topological polar surface area (TPSA) is 58.6 Å². The minimum absolute atomic E-state index is 0.0646. The van der Waals surface area contributed by atoms with Crippen LogP contribution in [0.4, 0.5) is 0 Å². The molecular formula is C21H23Cl3N2O3. The zero-order valence-corrected chi connectivity index (χ0v) is 18.7. The van der Waals surface area contributed by atoms with Crippen molar-refractivity contribution in [2.75, 3.05) is 6.61 Å². The van der Waals surface area contributed by atoms with E-state index in [1.54, 1.807) is 49.4 Å². The first-order chi connectivity index (χ1) is 13.7. The standard InChI is InChI=1S/C21H23Cl3N2O3/c1-13(2)25-21(28)14(3)26(11-15-16(22)8-6-9-17(15)23)20(27)12-29-19-10-5-4-7-18(19)24/h4-10,13-14H,11-12H2,1-3H3,(H,25,28)/t14-/m1/s1. The predicted molar refractivity (Wildman–Crippen MR) is 117 cm³/mol. The summed E-state index contributed by atoms with van der Waals surface area (Å²) in [5.74, 6) is -0.292. The Morgan fingerprint density at radius 2 is 1.55 bits per heavy atom. The molecule has 156 valence electrons. The number of para-hydroxylation sites is 1. The van der Waals surface area contributed by atoms with E-state index in [2.05, 4.69) is 5.32 Å². The fourth-order valence-electron chi connectivity index (χ4n) is 2.63. The van der Waals surface area contributed by atoms with E-state index >= 15 is 0 Å². The fraction of sp³-hybridized carbons (Fsp3) is 0.333. The van der Waals surface area contributed by atoms with Crippen LogP contribution in [0.1, 0.15) is 26.3 Å². The average Bonchev–Trinajstić information content (AvgIpc) is 2.66. The lowest BCUT2D eigenvalue weighted by molar-refractivity contribution is -0.142. The number of nitrogens with zero attached hydrogens (tertiary/aromatic N) is 1. The van der Waals surface area contributed by atoms with Gasteiger partial charge in [-0.25, -0.2) is 0 Å². The van der Waals surface area contributed by atoms with Gasteiger partial charge in [0.2, 0.25) is 5.91 Å². The lowest BCUT2D eigenvalue weighted by Gasteiger charge is -2.30. The molecule has 0 fully saturated rings. The van der Waals surface area contributed by atoms with Crippen molar-refractivity contribution in [1.82, 2.24) is 10.2 Å². The number of hydrogen-bond donors (Lipinski definition) is 1. The molecule has 1 atom stereocenters. The number of rotatable bonds is 8. The maximum atomic E-state index is 13.0. The summed E-state index contributed by atoms with van der Waals surface area (Å²) in [6.07, 6.45) is 0. The van der Waals surface area contributed by atoms with Gasteiger partial charge < -0.3 is 15.0 Å². The number of carbonyl (C=O) groups excluding carboxylic acids is 2. The van der Waals surface area contributed by atoms with Crippen LogP contribution in [0, 0.1) is 0 Å². The molecule has 0 aliphatic carbocycles. The highest BCUT2D eigenvalue weighted by atomic mass is 35.5. The summed E-state index contributed by atoms with van der Waals surface area (Å²) in [5.41, 5.74) is 0.561. The molecule has 0 spiro atoms. The number of halogens is 3. The van der Waals surface area contributed by atoms with Crippen LogP contribution in [0.25, 0.3) is 0 Å². The number of hydrogen-bond acceptors (Lipinski definition) is 3. The van der Waals surface area contributed by atoms with Crippen molar-refractivity contribution in [3.63, 3.8) is 0 Å². The second kappa shape index (κ2) is 10.7. The first-order valence-electron chi connectivity index (χ1n) is 9.10. The summed E-state index contributed by atoms with van der Waals surface area (Å²) >= 11 is 18.6. The summed E-state index contributed by atoms with van der Waals surface area (Å²) in [6, 6.07) is 11.1. The Hall–Kier alpha value is -1.95. The molecule has 0 aliphatic rings. The zero-order valence-electron chi connectivity index (χ0n) is 16.4. The second-order valence-corrected chi connectivity index (χ2v) is 8.00. The molecule has 2 amide bonds. The highest BCUT2D eigenvalue weighted by Gasteiger charge is 2.28. The van der Waals surface area contributed by atoms with Crippen molar-refractivity contribution >= 4 is 46.6 Å². The first-order valence-corrected chi connectivity index (χ1v) is 10.2. The largest absolute Gasteiger partial charge is 0.482 e. The number of carbonyl (C=O) groups is 2. The minimum Gasteiger partial charge on any atom is -0.482 e. The maximum Gasteiger partial charge on any atom is 0.261 e. The smallest absolute Gasteiger partial charge is 0.261 e. The van der Waals surface area contributed by atoms with E-state index in [9.17, 15) is 9.59 Å². The van der Waals surface area contributed by atoms with Gasteiger partial charge in [-0.15, -0.1) is 0 Å². The Kier molecular flexibility index (Phi) is 8.62. The number of nitrogens with one attached hydrogen (secondary N) is 1. The number of benzene rings is 2. The number of amides is 2. The molecule has 0 radical (unpaired) electrons. The Bertz CT molecular complexity index is 854. The van der Waals surface area contributed by atoms with Crippen molar-refractivity contribution in [1.29, 1.82) is 0 Å². The van der Waals surface area contributed by atoms with Gasteiger partial charge in [0.05, 0.1) is 5.02 Å². The quantitative estimate of drug-likeness (QED) is 0.609. The third-order valence-electron chi connectivity index (χ3n) is 4.18. The lowest BCUT2D eigenvalue weighted by Crippen LogP contribution is -2.50. The Labute approximate surface area is 185 Å². The van der Waals surface area contributed by atoms with E-state index in [0.717, 1.165) is 0 Å². The van der Waals surface area contributed by atoms with Crippen LogP contribution in [0.15, 0.2) is 42.5 Å². The van der Waals surface area contributed by atoms with Crippen LogP contribution in [0.5, 0.6) is 5.75 Å². The highest BCUT2D eigenvalue weighted by Crippen LogP contribution is 2.27. The van der Waals surface area contributed by atoms with Crippen molar-refractivity contribution in [2.45, 2.75) is 39.4 Å². The van der Waals surface area contributed by atoms with Crippen LogP contribution in [0.3, 0.4) is 0 Å². The Morgan fingerprint density at radius 1 is 0.966 bits per heavy atom. The molecule has 0 heterocycles. The molecule has 0 saturated heterocycles. The molecule has 0 saturated carbocycles. The van der Waals surface area contributed by atoms with Crippen molar-refractivity contribution < 1.29 is 14.3 Å². The molecule has 2 rings (SSSR count). The van der Waals surface area contributed by atoms with Crippen molar-refractivity contribution in [3.8, 4) is 5.75 Å². The highest BCUT2D eigenvalue weighted by molar-refractivity contribution is 6.36. The molecule has 2 aromatic rings. The second-order valence-electron chi connectivity index (χ2n) is 6.78. The van der Waals surface area contributed by atoms with E-state index in [4.69, 9.17) is 39.5 Å². The van der Waals surface area contributed by atoms with Crippen molar-refractivity contribution in [2.24, 2.45) is 0 Å². The molecule has 0 bridgehead atoms. The van der Waals surface area contributed by atoms with Gasteiger partial charge in [0.25, 0.3) is 5.91 Å². The molecule has 8 heteroatoms. The normalized spacial score (nSPS) is 11.8. The fourth-order valence-corrected chi connectivity index (χ4v) is 3.33. The molecule has 1 N–H and O–H groups in total. The number of ether oxygens (including phenoxy) is 1. The van der Waals surface area contributed by atoms with Crippen LogP contribution in [-0.4, -0.2) is 35.4 Å². The summed E-state index contributed by atoms with van der Waals surface area (Å²) in [4.78, 5) is 26.9. The van der Waals surface area contributed by atoms with E-state index < -0.39 is 11.9 Å². The molecule has 0 unspecified atom stereocenters. The van der Waals surface area contributed by atoms with Gasteiger partial charge in [0.1, 0.15) is 11.8 Å². The van der Waals surface area contributed by atoms with E-state index in [1.165, 1.54) is 4.90 Å². The monoisotopic (exact) mass is 456 g/mol. The minimum atomic E-state index is -0.757. The Morgan fingerprint density at radius 3 is 2.14 bits per heavy atom. The lowest BCUT2D eigenvalue weighted by atomic mass is 10.1. The van der Waals surface area contributed by atoms with Gasteiger partial charge in [0, 0.05) is 28.2 Å². The molecular weight excluding hydrogens is 435 g/mol. The average molecular weight is 458 g/mol. The molecule has 29 heavy (non-hydrogen) atoms. The van der Waals surface area contributed by atoms with Crippen LogP contribution < -0.4 is 10.1 Å². The Balaban J connectivity index is 2.24. The third kappa shape index (κ3) is 6.53. The van der Waals surface area contributed by atoms with E-state index in [0.29, 0.717) is 26.4 Å². The van der Waals surface area contributed by atoms with Gasteiger partial charge in [-0.1, -0.05) is 53.0 Å². The predicted octanol–water partition coefficient (Wildman–Crippen LogP) is 4.97. The van der Waals surface area contributed by atoms with Gasteiger partial charge in [-0.05, 0) is 45.0 Å². The summed E-state index contributed by atoms with van der Waals surface area (Å²) in [6.45, 7) is 5.13. The molecule has 0 aliphatic heterocycles. The van der Waals surface area contributed by atoms with Crippen LogP contribution in [0.2, 0.25) is 15.1 Å². The third-order valence-corrected chi connectivity index (χ3v) is 5.20. The van der Waals surface area contributed by atoms with Crippen LogP contribution in [-0.2, 0) is 16.1 Å². The summed E-state index contributed by atoms with van der Waals surface area (Å²) in [5, 5.41) is 4.04. The first kappa shape index (κ1) is 23.3. The van der Waals surface area contributed by atoms with Gasteiger partial charge in [-0.3, -0.25) is 9.59 Å². The molecule has 5 nitrogen and oxygen atoms in total. The van der Waals surface area contributed by atoms with E-state index in [1.807, 2.05) is 13.8 Å². The van der Waals surface area contributed by atoms with Crippen molar-refractivity contribution in [3.05, 3.63) is 63.1 Å². The van der Waals surface area contributed by atoms with Gasteiger partial charge >= 0.3 is 0 Å². The summed E-state index contributed by atoms with van der Waals surface area (Å²) < 4.78 is 5.57. The zero-order chi connectivity index (χ0) is 21.6. The maximum absolute atomic E-state index is 13.0. The SMILES string of the molecule is CC(C)NC(=O)[C@@H](C)N(Cc1c(Cl)cccc1Cl)C(=O)COc1ccccc1Cl. The molecule has 2 aromatic carbocycles. The van der Waals surface area contributed by atoms with Crippen LogP contribution >= 0.6 is 34.8 Å².